The van der Waals surface area contributed by atoms with Gasteiger partial charge in [0, 0.05) is 24.4 Å². The normalized spacial score (nSPS) is 13.3. The molecule has 4 N–H and O–H groups in total. The zero-order chi connectivity index (χ0) is 15.9. The molecule has 0 aliphatic rings. The molecule has 0 amide bonds. The van der Waals surface area contributed by atoms with Crippen molar-refractivity contribution in [2.24, 2.45) is 5.92 Å². The van der Waals surface area contributed by atoms with Crippen LogP contribution in [0.4, 0.5) is 5.69 Å². The molecule has 0 radical (unpaired) electrons. The number of benzene rings is 1. The number of rotatable bonds is 9. The number of sulfonamides is 1. The molecule has 1 aromatic carbocycles. The first-order chi connectivity index (χ1) is 9.84. The molecule has 6 nitrogen and oxygen atoms in total. The molecule has 0 spiro atoms. The minimum absolute atomic E-state index is 0.0444. The lowest BCUT2D eigenvalue weighted by molar-refractivity contribution is 0.255. The van der Waals surface area contributed by atoms with Gasteiger partial charge in [-0.2, -0.15) is 0 Å². The maximum atomic E-state index is 12.0. The lowest BCUT2D eigenvalue weighted by atomic mass is 10.0. The van der Waals surface area contributed by atoms with Crippen molar-refractivity contribution in [3.63, 3.8) is 0 Å². The van der Waals surface area contributed by atoms with E-state index in [0.29, 0.717) is 17.9 Å². The van der Waals surface area contributed by atoms with Crippen LogP contribution in [0, 0.1) is 5.92 Å². The maximum Gasteiger partial charge on any atom is 0.215 e. The first-order valence-corrected chi connectivity index (χ1v) is 8.58. The zero-order valence-corrected chi connectivity index (χ0v) is 13.3. The summed E-state index contributed by atoms with van der Waals surface area (Å²) in [6, 6.07) is 6.56. The highest BCUT2D eigenvalue weighted by molar-refractivity contribution is 7.89. The number of aliphatic hydroxyl groups is 1. The molecule has 0 bridgehead atoms. The Hall–Kier alpha value is -1.31. The van der Waals surface area contributed by atoms with Crippen molar-refractivity contribution >= 4 is 15.7 Å². The first kappa shape index (κ1) is 17.7. The molecule has 0 aromatic heterocycles. The Kier molecular flexibility index (Phi) is 6.94. The quantitative estimate of drug-likeness (QED) is 0.589. The fraction of sp³-hybridized carbons (Fsp3) is 0.571. The molecule has 0 heterocycles. The van der Waals surface area contributed by atoms with Crippen molar-refractivity contribution in [3.05, 3.63) is 24.3 Å². The number of nitrogen functional groups attached to an aromatic ring is 1. The van der Waals surface area contributed by atoms with Crippen LogP contribution in [0.15, 0.2) is 24.3 Å². The summed E-state index contributed by atoms with van der Waals surface area (Å²) in [5.74, 6) is 0.513. The van der Waals surface area contributed by atoms with Gasteiger partial charge in [0.1, 0.15) is 12.4 Å². The largest absolute Gasteiger partial charge is 0.492 e. The predicted molar refractivity (Wildman–Crippen MR) is 83.6 cm³/mol. The highest BCUT2D eigenvalue weighted by Gasteiger charge is 2.20. The Bertz CT molecular complexity index is 532. The van der Waals surface area contributed by atoms with Crippen LogP contribution in [-0.2, 0) is 10.0 Å². The van der Waals surface area contributed by atoms with Gasteiger partial charge in [-0.25, -0.2) is 13.1 Å². The van der Waals surface area contributed by atoms with Gasteiger partial charge in [-0.3, -0.25) is 0 Å². The van der Waals surface area contributed by atoms with E-state index in [1.165, 1.54) is 0 Å². The van der Waals surface area contributed by atoms with E-state index in [-0.39, 0.29) is 30.9 Å². The van der Waals surface area contributed by atoms with E-state index in [2.05, 4.69) is 4.72 Å². The van der Waals surface area contributed by atoms with E-state index < -0.39 is 10.0 Å². The molecule has 0 aliphatic carbocycles. The maximum absolute atomic E-state index is 12.0. The van der Waals surface area contributed by atoms with Gasteiger partial charge in [-0.15, -0.1) is 0 Å². The number of ether oxygens (including phenoxy) is 1. The number of aliphatic hydroxyl groups excluding tert-OH is 1. The molecule has 21 heavy (non-hydrogen) atoms. The third kappa shape index (κ3) is 6.79. The van der Waals surface area contributed by atoms with Crippen molar-refractivity contribution < 1.29 is 18.3 Å². The van der Waals surface area contributed by atoms with E-state index in [0.717, 1.165) is 0 Å². The molecule has 0 saturated heterocycles. The number of hydrogen-bond donors (Lipinski definition) is 3. The van der Waals surface area contributed by atoms with Crippen LogP contribution in [0.2, 0.25) is 0 Å². The van der Waals surface area contributed by atoms with Gasteiger partial charge in [-0.1, -0.05) is 19.9 Å². The standard InChI is InChI=1S/C14H24N2O4S/c1-11(2)14(6-7-17)16-21(18,19)9-8-20-13-5-3-4-12(15)10-13/h3-5,10-11,14,16-17H,6-9,15H2,1-2H3. The minimum Gasteiger partial charge on any atom is -0.492 e. The molecule has 120 valence electrons. The van der Waals surface area contributed by atoms with Crippen molar-refractivity contribution in [3.8, 4) is 5.75 Å². The lowest BCUT2D eigenvalue weighted by Crippen LogP contribution is -2.41. The van der Waals surface area contributed by atoms with Crippen molar-refractivity contribution in [1.29, 1.82) is 0 Å². The highest BCUT2D eigenvalue weighted by Crippen LogP contribution is 2.14. The fourth-order valence-corrected chi connectivity index (χ4v) is 3.10. The molecule has 1 atom stereocenters. The van der Waals surface area contributed by atoms with Gasteiger partial charge < -0.3 is 15.6 Å². The molecule has 0 aliphatic heterocycles. The summed E-state index contributed by atoms with van der Waals surface area (Å²) in [6.45, 7) is 3.81. The smallest absolute Gasteiger partial charge is 0.215 e. The van der Waals surface area contributed by atoms with Crippen LogP contribution >= 0.6 is 0 Å². The average molecular weight is 316 g/mol. The molecule has 1 rings (SSSR count). The van der Waals surface area contributed by atoms with E-state index in [1.54, 1.807) is 24.3 Å². The second-order valence-electron chi connectivity index (χ2n) is 5.22. The van der Waals surface area contributed by atoms with Gasteiger partial charge in [0.15, 0.2) is 0 Å². The SMILES string of the molecule is CC(C)C(CCO)NS(=O)(=O)CCOc1cccc(N)c1. The second-order valence-corrected chi connectivity index (χ2v) is 7.09. The Morgan fingerprint density at radius 3 is 2.67 bits per heavy atom. The number of nitrogens with one attached hydrogen (secondary N) is 1. The fourth-order valence-electron chi connectivity index (χ4n) is 1.83. The Morgan fingerprint density at radius 1 is 1.38 bits per heavy atom. The Morgan fingerprint density at radius 2 is 2.10 bits per heavy atom. The summed E-state index contributed by atoms with van der Waals surface area (Å²) >= 11 is 0. The van der Waals surface area contributed by atoms with Crippen LogP contribution in [0.25, 0.3) is 0 Å². The summed E-state index contributed by atoms with van der Waals surface area (Å²) < 4.78 is 31.9. The molecule has 0 saturated carbocycles. The average Bonchev–Trinajstić information content (AvgIpc) is 2.37. The summed E-state index contributed by atoms with van der Waals surface area (Å²) in [5, 5.41) is 8.96. The van der Waals surface area contributed by atoms with Crippen molar-refractivity contribution in [2.45, 2.75) is 26.3 Å². The van der Waals surface area contributed by atoms with Crippen LogP contribution in [-0.4, -0.2) is 38.5 Å². The molecule has 1 unspecified atom stereocenters. The topological polar surface area (TPSA) is 102 Å². The zero-order valence-electron chi connectivity index (χ0n) is 12.5. The van der Waals surface area contributed by atoms with E-state index in [9.17, 15) is 8.42 Å². The number of nitrogens with two attached hydrogens (primary N) is 1. The summed E-state index contributed by atoms with van der Waals surface area (Å²) in [5.41, 5.74) is 6.18. The third-order valence-electron chi connectivity index (χ3n) is 3.05. The Balaban J connectivity index is 2.49. The van der Waals surface area contributed by atoms with Gasteiger partial charge in [0.25, 0.3) is 0 Å². The van der Waals surface area contributed by atoms with E-state index >= 15 is 0 Å². The van der Waals surface area contributed by atoms with E-state index in [4.69, 9.17) is 15.6 Å². The van der Waals surface area contributed by atoms with Gasteiger partial charge in [-0.05, 0) is 24.5 Å². The molecule has 7 heteroatoms. The van der Waals surface area contributed by atoms with Gasteiger partial charge in [0.2, 0.25) is 10.0 Å². The second kappa shape index (κ2) is 8.21. The third-order valence-corrected chi connectivity index (χ3v) is 4.42. The molecular formula is C14H24N2O4S. The predicted octanol–water partition coefficient (Wildman–Crippen LogP) is 0.974. The molecular weight excluding hydrogens is 292 g/mol. The summed E-state index contributed by atoms with van der Waals surface area (Å²) in [4.78, 5) is 0. The number of anilines is 1. The number of hydrogen-bond acceptors (Lipinski definition) is 5. The lowest BCUT2D eigenvalue weighted by Gasteiger charge is -2.21. The Labute approximate surface area is 126 Å². The first-order valence-electron chi connectivity index (χ1n) is 6.93. The van der Waals surface area contributed by atoms with Gasteiger partial charge >= 0.3 is 0 Å². The summed E-state index contributed by atoms with van der Waals surface area (Å²) in [6.07, 6.45) is 0.396. The van der Waals surface area contributed by atoms with Crippen molar-refractivity contribution in [1.82, 2.24) is 4.72 Å². The van der Waals surface area contributed by atoms with Crippen LogP contribution in [0.3, 0.4) is 0 Å². The monoisotopic (exact) mass is 316 g/mol. The van der Waals surface area contributed by atoms with Gasteiger partial charge in [0.05, 0.1) is 5.75 Å². The van der Waals surface area contributed by atoms with E-state index in [1.807, 2.05) is 13.8 Å². The molecule has 0 fully saturated rings. The molecule has 1 aromatic rings. The highest BCUT2D eigenvalue weighted by atomic mass is 32.2. The van der Waals surface area contributed by atoms with Crippen LogP contribution < -0.4 is 15.2 Å². The minimum atomic E-state index is -3.45. The van der Waals surface area contributed by atoms with Crippen molar-refractivity contribution in [2.75, 3.05) is 24.7 Å². The summed E-state index contributed by atoms with van der Waals surface area (Å²) in [7, 11) is -3.45. The van der Waals surface area contributed by atoms with Crippen LogP contribution in [0.1, 0.15) is 20.3 Å². The van der Waals surface area contributed by atoms with Crippen LogP contribution in [0.5, 0.6) is 5.75 Å².